The molecule has 0 saturated heterocycles. The maximum absolute atomic E-state index is 3.41. The first-order valence-corrected chi connectivity index (χ1v) is 8.89. The zero-order chi connectivity index (χ0) is 15.2. The summed E-state index contributed by atoms with van der Waals surface area (Å²) in [5, 5.41) is 3.41. The van der Waals surface area contributed by atoms with Gasteiger partial charge in [-0.05, 0) is 74.1 Å². The molecule has 3 unspecified atom stereocenters. The zero-order valence-corrected chi connectivity index (χ0v) is 14.4. The predicted octanol–water partition coefficient (Wildman–Crippen LogP) is 5.01. The SMILES string of the molecule is CCCc1ccc(C2CC(C(C)C)CCC2CNC)cc1. The molecule has 0 amide bonds. The Morgan fingerprint density at radius 3 is 2.43 bits per heavy atom. The molecule has 0 spiro atoms. The highest BCUT2D eigenvalue weighted by Crippen LogP contribution is 2.42. The maximum Gasteiger partial charge on any atom is -0.00177 e. The fraction of sp³-hybridized carbons (Fsp3) is 0.700. The Hall–Kier alpha value is -0.820. The molecular formula is C20H33N. The third kappa shape index (κ3) is 4.32. The van der Waals surface area contributed by atoms with Gasteiger partial charge in [-0.1, -0.05) is 51.5 Å². The van der Waals surface area contributed by atoms with Crippen LogP contribution in [0.5, 0.6) is 0 Å². The molecule has 2 rings (SSSR count). The van der Waals surface area contributed by atoms with Crippen molar-refractivity contribution in [3.63, 3.8) is 0 Å². The lowest BCUT2D eigenvalue weighted by Crippen LogP contribution is -2.32. The molecule has 3 atom stereocenters. The Morgan fingerprint density at radius 1 is 1.14 bits per heavy atom. The third-order valence-corrected chi connectivity index (χ3v) is 5.39. The summed E-state index contributed by atoms with van der Waals surface area (Å²) in [6.07, 6.45) is 6.61. The van der Waals surface area contributed by atoms with Crippen LogP contribution in [0.3, 0.4) is 0 Å². The van der Waals surface area contributed by atoms with Gasteiger partial charge in [0.05, 0.1) is 0 Å². The van der Waals surface area contributed by atoms with E-state index in [4.69, 9.17) is 0 Å². The van der Waals surface area contributed by atoms with Crippen LogP contribution in [0.15, 0.2) is 24.3 Å². The average Bonchev–Trinajstić information content (AvgIpc) is 2.49. The lowest BCUT2D eigenvalue weighted by molar-refractivity contribution is 0.192. The van der Waals surface area contributed by atoms with Crippen LogP contribution in [0.2, 0.25) is 0 Å². The van der Waals surface area contributed by atoms with Gasteiger partial charge in [-0.15, -0.1) is 0 Å². The smallest absolute Gasteiger partial charge is 0.00177 e. The first kappa shape index (κ1) is 16.5. The minimum atomic E-state index is 0.745. The second-order valence-electron chi connectivity index (χ2n) is 7.23. The molecule has 1 aromatic carbocycles. The normalized spacial score (nSPS) is 26.2. The van der Waals surface area contributed by atoms with Crippen LogP contribution >= 0.6 is 0 Å². The fourth-order valence-electron chi connectivity index (χ4n) is 4.01. The molecule has 0 aromatic heterocycles. The highest BCUT2D eigenvalue weighted by Gasteiger charge is 2.32. The number of nitrogens with one attached hydrogen (secondary N) is 1. The Balaban J connectivity index is 2.14. The van der Waals surface area contributed by atoms with E-state index < -0.39 is 0 Å². The average molecular weight is 287 g/mol. The molecule has 1 saturated carbocycles. The number of hydrogen-bond donors (Lipinski definition) is 1. The van der Waals surface area contributed by atoms with E-state index in [0.29, 0.717) is 0 Å². The van der Waals surface area contributed by atoms with Gasteiger partial charge in [0.25, 0.3) is 0 Å². The topological polar surface area (TPSA) is 12.0 Å². The van der Waals surface area contributed by atoms with Gasteiger partial charge >= 0.3 is 0 Å². The number of benzene rings is 1. The van der Waals surface area contributed by atoms with Crippen LogP contribution in [-0.4, -0.2) is 13.6 Å². The van der Waals surface area contributed by atoms with Crippen LogP contribution in [-0.2, 0) is 6.42 Å². The molecule has 1 aliphatic rings. The molecule has 1 aromatic rings. The summed E-state index contributed by atoms with van der Waals surface area (Å²) < 4.78 is 0. The lowest BCUT2D eigenvalue weighted by atomic mass is 9.68. The predicted molar refractivity (Wildman–Crippen MR) is 92.8 cm³/mol. The Kier molecular flexibility index (Phi) is 6.29. The van der Waals surface area contributed by atoms with Crippen molar-refractivity contribution in [3.05, 3.63) is 35.4 Å². The van der Waals surface area contributed by atoms with Crippen molar-refractivity contribution in [1.29, 1.82) is 0 Å². The highest BCUT2D eigenvalue weighted by atomic mass is 14.8. The zero-order valence-electron chi connectivity index (χ0n) is 14.4. The molecule has 0 heterocycles. The standard InChI is InChI=1S/C20H33N/c1-5-6-16-7-9-17(10-8-16)20-13-18(15(2)3)11-12-19(20)14-21-4/h7-10,15,18-21H,5-6,11-14H2,1-4H3. The van der Waals surface area contributed by atoms with Crippen molar-refractivity contribution in [2.45, 2.75) is 58.8 Å². The third-order valence-electron chi connectivity index (χ3n) is 5.39. The molecule has 1 N–H and O–H groups in total. The van der Waals surface area contributed by atoms with Crippen LogP contribution < -0.4 is 5.32 Å². The van der Waals surface area contributed by atoms with Crippen LogP contribution in [0.25, 0.3) is 0 Å². The summed E-state index contributed by atoms with van der Waals surface area (Å²) in [6, 6.07) is 9.52. The first-order chi connectivity index (χ1) is 10.2. The minimum absolute atomic E-state index is 0.745. The molecule has 1 aliphatic carbocycles. The fourth-order valence-corrected chi connectivity index (χ4v) is 4.01. The molecule has 1 nitrogen and oxygen atoms in total. The van der Waals surface area contributed by atoms with Gasteiger partial charge in [0.1, 0.15) is 0 Å². The molecule has 21 heavy (non-hydrogen) atoms. The van der Waals surface area contributed by atoms with Crippen molar-refractivity contribution in [2.75, 3.05) is 13.6 Å². The van der Waals surface area contributed by atoms with Gasteiger partial charge in [-0.3, -0.25) is 0 Å². The second kappa shape index (κ2) is 7.98. The van der Waals surface area contributed by atoms with Crippen molar-refractivity contribution in [3.8, 4) is 0 Å². The lowest BCUT2D eigenvalue weighted by Gasteiger charge is -2.38. The summed E-state index contributed by atoms with van der Waals surface area (Å²) in [5.74, 6) is 3.28. The van der Waals surface area contributed by atoms with E-state index in [2.05, 4.69) is 57.4 Å². The van der Waals surface area contributed by atoms with Gasteiger partial charge in [-0.2, -0.15) is 0 Å². The maximum atomic E-state index is 3.41. The van der Waals surface area contributed by atoms with Crippen LogP contribution in [0.4, 0.5) is 0 Å². The summed E-state index contributed by atoms with van der Waals surface area (Å²) in [4.78, 5) is 0. The van der Waals surface area contributed by atoms with Crippen LogP contribution in [0.1, 0.15) is 63.5 Å². The van der Waals surface area contributed by atoms with E-state index in [1.165, 1.54) is 37.7 Å². The Labute approximate surface area is 131 Å². The Bertz CT molecular complexity index is 406. The van der Waals surface area contributed by atoms with Crippen molar-refractivity contribution in [2.24, 2.45) is 17.8 Å². The van der Waals surface area contributed by atoms with Gasteiger partial charge in [0.15, 0.2) is 0 Å². The van der Waals surface area contributed by atoms with Crippen molar-refractivity contribution in [1.82, 2.24) is 5.32 Å². The molecular weight excluding hydrogens is 254 g/mol. The van der Waals surface area contributed by atoms with Gasteiger partial charge in [0.2, 0.25) is 0 Å². The van der Waals surface area contributed by atoms with E-state index >= 15 is 0 Å². The van der Waals surface area contributed by atoms with E-state index in [1.807, 2.05) is 0 Å². The van der Waals surface area contributed by atoms with Crippen LogP contribution in [0, 0.1) is 17.8 Å². The number of hydrogen-bond acceptors (Lipinski definition) is 1. The first-order valence-electron chi connectivity index (χ1n) is 8.89. The largest absolute Gasteiger partial charge is 0.319 e. The quantitative estimate of drug-likeness (QED) is 0.775. The second-order valence-corrected chi connectivity index (χ2v) is 7.23. The summed E-state index contributed by atoms with van der Waals surface area (Å²) in [6.45, 7) is 8.20. The molecule has 0 bridgehead atoms. The summed E-state index contributed by atoms with van der Waals surface area (Å²) in [5.41, 5.74) is 3.06. The number of rotatable bonds is 6. The highest BCUT2D eigenvalue weighted by molar-refractivity contribution is 5.26. The Morgan fingerprint density at radius 2 is 1.86 bits per heavy atom. The minimum Gasteiger partial charge on any atom is -0.319 e. The van der Waals surface area contributed by atoms with E-state index in [-0.39, 0.29) is 0 Å². The monoisotopic (exact) mass is 287 g/mol. The van der Waals surface area contributed by atoms with E-state index in [0.717, 1.165) is 30.2 Å². The van der Waals surface area contributed by atoms with Gasteiger partial charge in [0, 0.05) is 0 Å². The van der Waals surface area contributed by atoms with Gasteiger partial charge < -0.3 is 5.32 Å². The van der Waals surface area contributed by atoms with E-state index in [1.54, 1.807) is 5.56 Å². The van der Waals surface area contributed by atoms with Crippen molar-refractivity contribution < 1.29 is 0 Å². The summed E-state index contributed by atoms with van der Waals surface area (Å²) in [7, 11) is 2.09. The molecule has 1 fully saturated rings. The van der Waals surface area contributed by atoms with E-state index in [9.17, 15) is 0 Å². The summed E-state index contributed by atoms with van der Waals surface area (Å²) >= 11 is 0. The molecule has 0 radical (unpaired) electrons. The molecule has 1 heteroatoms. The molecule has 118 valence electrons. The van der Waals surface area contributed by atoms with Crippen molar-refractivity contribution >= 4 is 0 Å². The van der Waals surface area contributed by atoms with Gasteiger partial charge in [-0.25, -0.2) is 0 Å². The number of aryl methyl sites for hydroxylation is 1. The molecule has 0 aliphatic heterocycles.